The van der Waals surface area contributed by atoms with Gasteiger partial charge >= 0.3 is 5.97 Å². The highest BCUT2D eigenvalue weighted by molar-refractivity contribution is 5.89. The lowest BCUT2D eigenvalue weighted by Crippen LogP contribution is -2.24. The van der Waals surface area contributed by atoms with Crippen LogP contribution in [0.4, 0.5) is 0 Å². The molecular formula is C7H11NO3. The van der Waals surface area contributed by atoms with Crippen LogP contribution in [0, 0.1) is 11.8 Å². The zero-order valence-electron chi connectivity index (χ0n) is 6.57. The summed E-state index contributed by atoms with van der Waals surface area (Å²) in [6, 6.07) is 0. The fourth-order valence-electron chi connectivity index (χ4n) is 1.07. The minimum absolute atomic E-state index is 0.0719. The van der Waals surface area contributed by atoms with E-state index in [0.29, 0.717) is 6.42 Å². The fraction of sp³-hybridized carbons (Fsp3) is 0.714. The standard InChI is InChI=1S/C7H11NO3/c1-8(2)6(9)4-3-5(4)7(10)11/h4-5H,3H2,1-2H3,(H,10,11)/t4-,5-/m0/s1. The van der Waals surface area contributed by atoms with E-state index in [4.69, 9.17) is 5.11 Å². The average Bonchev–Trinajstić information content (AvgIpc) is 2.63. The lowest BCUT2D eigenvalue weighted by atomic mass is 10.3. The Bertz CT molecular complexity index is 200. The molecule has 1 fully saturated rings. The molecular weight excluding hydrogens is 146 g/mol. The first kappa shape index (κ1) is 8.04. The maximum absolute atomic E-state index is 11.1. The average molecular weight is 157 g/mol. The highest BCUT2D eigenvalue weighted by Crippen LogP contribution is 2.39. The third-order valence-corrected chi connectivity index (χ3v) is 1.87. The number of amides is 1. The minimum atomic E-state index is -0.856. The number of nitrogens with zero attached hydrogens (tertiary/aromatic N) is 1. The van der Waals surface area contributed by atoms with Crippen molar-refractivity contribution in [2.24, 2.45) is 11.8 Å². The van der Waals surface area contributed by atoms with Crippen molar-refractivity contribution in [3.8, 4) is 0 Å². The van der Waals surface area contributed by atoms with Gasteiger partial charge < -0.3 is 10.0 Å². The van der Waals surface area contributed by atoms with E-state index in [2.05, 4.69) is 0 Å². The molecule has 1 aliphatic carbocycles. The van der Waals surface area contributed by atoms with Gasteiger partial charge in [-0.3, -0.25) is 9.59 Å². The molecule has 1 rings (SSSR count). The predicted molar refractivity (Wildman–Crippen MR) is 37.9 cm³/mol. The summed E-state index contributed by atoms with van der Waals surface area (Å²) in [6.45, 7) is 0. The first-order valence-corrected chi connectivity index (χ1v) is 3.48. The molecule has 0 heterocycles. The van der Waals surface area contributed by atoms with Gasteiger partial charge in [0.2, 0.25) is 5.91 Å². The molecule has 0 aromatic heterocycles. The van der Waals surface area contributed by atoms with Gasteiger partial charge in [-0.15, -0.1) is 0 Å². The Morgan fingerprint density at radius 1 is 1.36 bits per heavy atom. The van der Waals surface area contributed by atoms with Crippen LogP contribution in [0.15, 0.2) is 0 Å². The van der Waals surface area contributed by atoms with Crippen molar-refractivity contribution in [2.45, 2.75) is 6.42 Å². The van der Waals surface area contributed by atoms with Crippen LogP contribution in [-0.2, 0) is 9.59 Å². The molecule has 1 N–H and O–H groups in total. The molecule has 0 bridgehead atoms. The molecule has 4 nitrogen and oxygen atoms in total. The van der Waals surface area contributed by atoms with Crippen molar-refractivity contribution in [3.05, 3.63) is 0 Å². The van der Waals surface area contributed by atoms with Crippen molar-refractivity contribution in [2.75, 3.05) is 14.1 Å². The van der Waals surface area contributed by atoms with Crippen LogP contribution in [0.25, 0.3) is 0 Å². The normalized spacial score (nSPS) is 27.8. The third-order valence-electron chi connectivity index (χ3n) is 1.87. The van der Waals surface area contributed by atoms with Crippen LogP contribution in [0.5, 0.6) is 0 Å². The molecule has 1 saturated carbocycles. The Morgan fingerprint density at radius 2 is 1.91 bits per heavy atom. The molecule has 0 aromatic carbocycles. The number of carboxylic acid groups (broad SMARTS) is 1. The molecule has 62 valence electrons. The van der Waals surface area contributed by atoms with E-state index < -0.39 is 11.9 Å². The zero-order chi connectivity index (χ0) is 8.59. The molecule has 11 heavy (non-hydrogen) atoms. The van der Waals surface area contributed by atoms with Gasteiger partial charge in [0, 0.05) is 14.1 Å². The first-order chi connectivity index (χ1) is 5.04. The van der Waals surface area contributed by atoms with Gasteiger partial charge in [0.15, 0.2) is 0 Å². The molecule has 0 spiro atoms. The Balaban J connectivity index is 2.44. The SMILES string of the molecule is CN(C)C(=O)[C@H]1C[C@@H]1C(=O)O. The monoisotopic (exact) mass is 157 g/mol. The van der Waals surface area contributed by atoms with E-state index in [1.165, 1.54) is 4.90 Å². The van der Waals surface area contributed by atoms with Crippen LogP contribution in [-0.4, -0.2) is 36.0 Å². The van der Waals surface area contributed by atoms with Crippen molar-refractivity contribution >= 4 is 11.9 Å². The number of carboxylic acids is 1. The second kappa shape index (κ2) is 2.53. The maximum atomic E-state index is 11.1. The molecule has 0 aliphatic heterocycles. The van der Waals surface area contributed by atoms with Crippen LogP contribution in [0.2, 0.25) is 0 Å². The smallest absolute Gasteiger partial charge is 0.307 e. The fourth-order valence-corrected chi connectivity index (χ4v) is 1.07. The van der Waals surface area contributed by atoms with E-state index in [-0.39, 0.29) is 11.8 Å². The van der Waals surface area contributed by atoms with E-state index in [9.17, 15) is 9.59 Å². The molecule has 2 atom stereocenters. The summed E-state index contributed by atoms with van der Waals surface area (Å²) in [5.41, 5.74) is 0. The highest BCUT2D eigenvalue weighted by atomic mass is 16.4. The minimum Gasteiger partial charge on any atom is -0.481 e. The summed E-state index contributed by atoms with van der Waals surface area (Å²) in [5.74, 6) is -1.62. The molecule has 1 amide bonds. The van der Waals surface area contributed by atoms with Gasteiger partial charge in [-0.05, 0) is 6.42 Å². The largest absolute Gasteiger partial charge is 0.481 e. The number of carbonyl (C=O) groups is 2. The summed E-state index contributed by atoms with van der Waals surface area (Å²) >= 11 is 0. The van der Waals surface area contributed by atoms with E-state index >= 15 is 0 Å². The molecule has 0 saturated heterocycles. The van der Waals surface area contributed by atoms with Crippen LogP contribution in [0.1, 0.15) is 6.42 Å². The highest BCUT2D eigenvalue weighted by Gasteiger charge is 2.48. The van der Waals surface area contributed by atoms with Gasteiger partial charge in [0.25, 0.3) is 0 Å². The Labute approximate surface area is 64.8 Å². The third kappa shape index (κ3) is 1.50. The lowest BCUT2D eigenvalue weighted by Gasteiger charge is -2.08. The van der Waals surface area contributed by atoms with E-state index in [0.717, 1.165) is 0 Å². The molecule has 4 heteroatoms. The number of hydrogen-bond donors (Lipinski definition) is 1. The lowest BCUT2D eigenvalue weighted by molar-refractivity contribution is -0.141. The number of hydrogen-bond acceptors (Lipinski definition) is 2. The van der Waals surface area contributed by atoms with Crippen molar-refractivity contribution in [1.29, 1.82) is 0 Å². The van der Waals surface area contributed by atoms with Gasteiger partial charge in [-0.2, -0.15) is 0 Å². The van der Waals surface area contributed by atoms with Crippen molar-refractivity contribution in [3.63, 3.8) is 0 Å². The summed E-state index contributed by atoms with van der Waals surface area (Å²) in [5, 5.41) is 8.48. The number of rotatable bonds is 2. The predicted octanol–water partition coefficient (Wildman–Crippen LogP) is -0.205. The molecule has 0 radical (unpaired) electrons. The number of aliphatic carboxylic acids is 1. The van der Waals surface area contributed by atoms with Gasteiger partial charge in [0.1, 0.15) is 0 Å². The number of carbonyl (C=O) groups excluding carboxylic acids is 1. The van der Waals surface area contributed by atoms with Gasteiger partial charge in [-0.25, -0.2) is 0 Å². The summed E-state index contributed by atoms with van der Waals surface area (Å²) in [4.78, 5) is 22.8. The van der Waals surface area contributed by atoms with Crippen LogP contribution < -0.4 is 0 Å². The molecule has 1 aliphatic rings. The molecule has 0 aromatic rings. The summed E-state index contributed by atoms with van der Waals surface area (Å²) < 4.78 is 0. The van der Waals surface area contributed by atoms with Crippen LogP contribution in [0.3, 0.4) is 0 Å². The van der Waals surface area contributed by atoms with Gasteiger partial charge in [-0.1, -0.05) is 0 Å². The first-order valence-electron chi connectivity index (χ1n) is 3.48. The van der Waals surface area contributed by atoms with E-state index in [1.54, 1.807) is 14.1 Å². The second-order valence-corrected chi connectivity index (χ2v) is 3.02. The quantitative estimate of drug-likeness (QED) is 0.603. The van der Waals surface area contributed by atoms with Crippen molar-refractivity contribution < 1.29 is 14.7 Å². The second-order valence-electron chi connectivity index (χ2n) is 3.02. The van der Waals surface area contributed by atoms with Gasteiger partial charge in [0.05, 0.1) is 11.8 Å². The zero-order valence-corrected chi connectivity index (χ0v) is 6.57. The summed E-state index contributed by atoms with van der Waals surface area (Å²) in [7, 11) is 3.28. The molecule has 0 unspecified atom stereocenters. The Kier molecular flexibility index (Phi) is 1.85. The van der Waals surface area contributed by atoms with Crippen LogP contribution >= 0.6 is 0 Å². The maximum Gasteiger partial charge on any atom is 0.307 e. The Morgan fingerprint density at radius 3 is 2.18 bits per heavy atom. The summed E-state index contributed by atoms with van der Waals surface area (Å²) in [6.07, 6.45) is 0.506. The van der Waals surface area contributed by atoms with Crippen molar-refractivity contribution in [1.82, 2.24) is 4.90 Å². The topological polar surface area (TPSA) is 57.6 Å². The van der Waals surface area contributed by atoms with E-state index in [1.807, 2.05) is 0 Å². The Hall–Kier alpha value is -1.06.